The van der Waals surface area contributed by atoms with Crippen LogP contribution in [0.5, 0.6) is 0 Å². The first kappa shape index (κ1) is 12.4. The lowest BCUT2D eigenvalue weighted by Crippen LogP contribution is -2.12. The minimum Gasteiger partial charge on any atom is -0.479 e. The number of rotatable bonds is 2. The topological polar surface area (TPSA) is 87.7 Å². The summed E-state index contributed by atoms with van der Waals surface area (Å²) in [5, 5.41) is 19.3. The highest BCUT2D eigenvalue weighted by atomic mass is 16.4. The average Bonchev–Trinajstić information content (AvgIpc) is 2.46. The van der Waals surface area contributed by atoms with Crippen LogP contribution in [0.4, 0.5) is 0 Å². The number of aliphatic carboxylic acids is 1. The van der Waals surface area contributed by atoms with Gasteiger partial charge in [0.1, 0.15) is 11.2 Å². The van der Waals surface area contributed by atoms with Gasteiger partial charge in [0.2, 0.25) is 5.43 Å². The fraction of sp³-hybridized carbons (Fsp3) is 0.0667. The number of hydrogen-bond acceptors (Lipinski definition) is 4. The van der Waals surface area contributed by atoms with E-state index in [0.29, 0.717) is 11.0 Å². The van der Waals surface area contributed by atoms with Crippen molar-refractivity contribution in [3.63, 3.8) is 0 Å². The SMILES string of the molecule is O=C(O)[C@@H](O)c1cccc2c(=O)c3ccccc3oc12. The lowest BCUT2D eigenvalue weighted by molar-refractivity contribution is -0.146. The van der Waals surface area contributed by atoms with E-state index in [-0.39, 0.29) is 22.0 Å². The Hall–Kier alpha value is -2.66. The van der Waals surface area contributed by atoms with Crippen molar-refractivity contribution in [2.45, 2.75) is 6.10 Å². The standard InChI is InChI=1S/C15H10O5/c16-12-8-4-1-2-7-11(8)20-14-9(12)5-3-6-10(14)13(17)15(18)19/h1-7,13,17H,(H,18,19)/t13-/m0/s1. The van der Waals surface area contributed by atoms with Crippen molar-refractivity contribution < 1.29 is 19.4 Å². The van der Waals surface area contributed by atoms with E-state index in [1.54, 1.807) is 30.3 Å². The second kappa shape index (κ2) is 4.47. The fourth-order valence-electron chi connectivity index (χ4n) is 2.19. The summed E-state index contributed by atoms with van der Waals surface area (Å²) < 4.78 is 5.61. The van der Waals surface area contributed by atoms with Gasteiger partial charge in [-0.25, -0.2) is 4.79 Å². The highest BCUT2D eigenvalue weighted by Crippen LogP contribution is 2.26. The van der Waals surface area contributed by atoms with Gasteiger partial charge in [0.25, 0.3) is 0 Å². The minimum atomic E-state index is -1.73. The molecule has 3 aromatic rings. The minimum absolute atomic E-state index is 0.0675. The predicted molar refractivity (Wildman–Crippen MR) is 72.6 cm³/mol. The van der Waals surface area contributed by atoms with Crippen LogP contribution < -0.4 is 5.43 Å². The number of carboxylic acid groups (broad SMARTS) is 1. The molecule has 0 bridgehead atoms. The molecule has 0 amide bonds. The van der Waals surface area contributed by atoms with Crippen molar-refractivity contribution in [2.75, 3.05) is 0 Å². The highest BCUT2D eigenvalue weighted by Gasteiger charge is 2.21. The molecule has 1 heterocycles. The maximum absolute atomic E-state index is 12.3. The molecule has 2 N–H and O–H groups in total. The molecule has 0 saturated heterocycles. The van der Waals surface area contributed by atoms with Crippen molar-refractivity contribution in [2.24, 2.45) is 0 Å². The van der Waals surface area contributed by atoms with Gasteiger partial charge >= 0.3 is 5.97 Å². The van der Waals surface area contributed by atoms with Gasteiger partial charge in [0, 0.05) is 5.56 Å². The van der Waals surface area contributed by atoms with Crippen LogP contribution in [0.3, 0.4) is 0 Å². The van der Waals surface area contributed by atoms with Gasteiger partial charge in [-0.05, 0) is 18.2 Å². The first-order valence-electron chi connectivity index (χ1n) is 5.95. The molecule has 3 rings (SSSR count). The summed E-state index contributed by atoms with van der Waals surface area (Å²) >= 11 is 0. The smallest absolute Gasteiger partial charge is 0.337 e. The van der Waals surface area contributed by atoms with Crippen molar-refractivity contribution in [1.82, 2.24) is 0 Å². The molecule has 0 unspecified atom stereocenters. The van der Waals surface area contributed by atoms with Gasteiger partial charge < -0.3 is 14.6 Å². The third kappa shape index (κ3) is 1.76. The Bertz CT molecular complexity index is 878. The molecular formula is C15H10O5. The maximum Gasteiger partial charge on any atom is 0.337 e. The Morgan fingerprint density at radius 2 is 1.75 bits per heavy atom. The lowest BCUT2D eigenvalue weighted by Gasteiger charge is -2.09. The Morgan fingerprint density at radius 1 is 1.05 bits per heavy atom. The van der Waals surface area contributed by atoms with E-state index in [0.717, 1.165) is 0 Å². The zero-order chi connectivity index (χ0) is 14.3. The van der Waals surface area contributed by atoms with Gasteiger partial charge in [-0.2, -0.15) is 0 Å². The summed E-state index contributed by atoms with van der Waals surface area (Å²) in [5.41, 5.74) is 0.278. The van der Waals surface area contributed by atoms with Crippen LogP contribution in [0.25, 0.3) is 21.9 Å². The number of aliphatic hydroxyl groups is 1. The molecule has 0 aliphatic rings. The number of hydrogen-bond donors (Lipinski definition) is 2. The van der Waals surface area contributed by atoms with Crippen molar-refractivity contribution in [3.05, 3.63) is 58.3 Å². The van der Waals surface area contributed by atoms with E-state index in [4.69, 9.17) is 9.52 Å². The quantitative estimate of drug-likeness (QED) is 0.696. The van der Waals surface area contributed by atoms with Crippen molar-refractivity contribution in [3.8, 4) is 0 Å². The van der Waals surface area contributed by atoms with Gasteiger partial charge in [0.15, 0.2) is 6.10 Å². The van der Waals surface area contributed by atoms with Gasteiger partial charge in [-0.1, -0.05) is 24.3 Å². The van der Waals surface area contributed by atoms with Gasteiger partial charge in [-0.15, -0.1) is 0 Å². The van der Waals surface area contributed by atoms with Crippen LogP contribution in [0.15, 0.2) is 51.7 Å². The third-order valence-corrected chi connectivity index (χ3v) is 3.16. The summed E-state index contributed by atoms with van der Waals surface area (Å²) in [6, 6.07) is 11.2. The molecule has 20 heavy (non-hydrogen) atoms. The molecule has 2 aromatic carbocycles. The molecule has 0 spiro atoms. The van der Waals surface area contributed by atoms with Crippen LogP contribution >= 0.6 is 0 Å². The van der Waals surface area contributed by atoms with Crippen LogP contribution in [0.2, 0.25) is 0 Å². The Labute approximate surface area is 112 Å². The summed E-state index contributed by atoms with van der Waals surface area (Å²) in [6.45, 7) is 0. The number of carbonyl (C=O) groups is 1. The number of carboxylic acids is 1. The number of para-hydroxylation sites is 2. The van der Waals surface area contributed by atoms with E-state index in [1.807, 2.05) is 0 Å². The highest BCUT2D eigenvalue weighted by molar-refractivity contribution is 5.92. The van der Waals surface area contributed by atoms with Crippen molar-refractivity contribution >= 4 is 27.9 Å². The Balaban J connectivity index is 2.46. The molecule has 0 aliphatic heterocycles. The molecule has 0 aliphatic carbocycles. The molecule has 0 saturated carbocycles. The zero-order valence-electron chi connectivity index (χ0n) is 10.2. The van der Waals surface area contributed by atoms with Crippen LogP contribution in [0, 0.1) is 0 Å². The first-order valence-corrected chi connectivity index (χ1v) is 5.95. The molecule has 5 nitrogen and oxygen atoms in total. The van der Waals surface area contributed by atoms with Gasteiger partial charge in [-0.3, -0.25) is 4.79 Å². The van der Waals surface area contributed by atoms with E-state index in [1.165, 1.54) is 12.1 Å². The predicted octanol–water partition coefficient (Wildman–Crippen LogP) is 2.06. The van der Waals surface area contributed by atoms with Gasteiger partial charge in [0.05, 0.1) is 10.8 Å². The second-order valence-corrected chi connectivity index (χ2v) is 4.39. The zero-order valence-corrected chi connectivity index (χ0v) is 10.2. The molecule has 5 heteroatoms. The molecule has 100 valence electrons. The largest absolute Gasteiger partial charge is 0.479 e. The second-order valence-electron chi connectivity index (χ2n) is 4.39. The third-order valence-electron chi connectivity index (χ3n) is 3.16. The summed E-state index contributed by atoms with van der Waals surface area (Å²) in [7, 11) is 0. The van der Waals surface area contributed by atoms with Crippen molar-refractivity contribution in [1.29, 1.82) is 0 Å². The number of benzene rings is 2. The molecule has 1 atom stereocenters. The monoisotopic (exact) mass is 270 g/mol. The lowest BCUT2D eigenvalue weighted by atomic mass is 10.0. The molecular weight excluding hydrogens is 260 g/mol. The summed E-state index contributed by atoms with van der Waals surface area (Å²) in [5.74, 6) is -1.40. The van der Waals surface area contributed by atoms with E-state index >= 15 is 0 Å². The average molecular weight is 270 g/mol. The maximum atomic E-state index is 12.3. The normalized spacial score (nSPS) is 12.7. The first-order chi connectivity index (χ1) is 9.59. The van der Waals surface area contributed by atoms with Crippen LogP contribution in [0.1, 0.15) is 11.7 Å². The van der Waals surface area contributed by atoms with Crippen LogP contribution in [-0.4, -0.2) is 16.2 Å². The molecule has 0 fully saturated rings. The fourth-order valence-corrected chi connectivity index (χ4v) is 2.19. The summed E-state index contributed by atoms with van der Waals surface area (Å²) in [6.07, 6.45) is -1.73. The number of aliphatic hydroxyl groups excluding tert-OH is 1. The molecule has 0 radical (unpaired) electrons. The molecule has 1 aromatic heterocycles. The van der Waals surface area contributed by atoms with E-state index < -0.39 is 12.1 Å². The van der Waals surface area contributed by atoms with E-state index in [9.17, 15) is 14.7 Å². The van der Waals surface area contributed by atoms with E-state index in [2.05, 4.69) is 0 Å². The summed E-state index contributed by atoms with van der Waals surface area (Å²) in [4.78, 5) is 23.3. The Morgan fingerprint density at radius 3 is 2.50 bits per heavy atom. The Kier molecular flexibility index (Phi) is 2.76. The van der Waals surface area contributed by atoms with Crippen LogP contribution in [-0.2, 0) is 4.79 Å². The number of fused-ring (bicyclic) bond motifs is 2.